The highest BCUT2D eigenvalue weighted by atomic mass is 32.1. The number of thiazole rings is 1. The molecule has 0 spiro atoms. The fourth-order valence-electron chi connectivity index (χ4n) is 2.48. The van der Waals surface area contributed by atoms with Crippen LogP contribution in [0.5, 0.6) is 0 Å². The number of urea groups is 1. The minimum Gasteiger partial charge on any atom is -0.472 e. The molecule has 0 saturated carbocycles. The van der Waals surface area contributed by atoms with Crippen molar-refractivity contribution in [2.24, 2.45) is 0 Å². The molecule has 4 aromatic rings. The molecule has 0 radical (unpaired) electrons. The number of anilines is 1. The molecule has 0 saturated heterocycles. The molecular weight excluding hydrogens is 334 g/mol. The predicted octanol–water partition coefficient (Wildman–Crippen LogP) is 4.88. The van der Waals surface area contributed by atoms with Gasteiger partial charge in [-0.3, -0.25) is 0 Å². The Morgan fingerprint density at radius 1 is 1.12 bits per heavy atom. The van der Waals surface area contributed by atoms with Gasteiger partial charge >= 0.3 is 6.03 Å². The molecule has 2 aromatic heterocycles. The molecule has 4 rings (SSSR count). The lowest BCUT2D eigenvalue weighted by Crippen LogP contribution is -2.27. The summed E-state index contributed by atoms with van der Waals surface area (Å²) in [5.74, 6) is 0. The summed E-state index contributed by atoms with van der Waals surface area (Å²) in [4.78, 5) is 16.7. The lowest BCUT2D eigenvalue weighted by Gasteiger charge is -2.07. The van der Waals surface area contributed by atoms with Gasteiger partial charge in [0.2, 0.25) is 0 Å². The van der Waals surface area contributed by atoms with Gasteiger partial charge in [0.25, 0.3) is 0 Å². The van der Waals surface area contributed by atoms with E-state index in [0.717, 1.165) is 32.0 Å². The summed E-state index contributed by atoms with van der Waals surface area (Å²) in [6, 6.07) is 17.3. The van der Waals surface area contributed by atoms with Gasteiger partial charge in [-0.15, -0.1) is 11.3 Å². The molecular formula is C19H15N3O2S. The molecule has 0 unspecified atom stereocenters. The summed E-state index contributed by atoms with van der Waals surface area (Å²) in [6.07, 6.45) is 3.18. The number of hydrogen-bond donors (Lipinski definition) is 2. The largest absolute Gasteiger partial charge is 0.472 e. The predicted molar refractivity (Wildman–Crippen MR) is 99.6 cm³/mol. The van der Waals surface area contributed by atoms with E-state index in [1.165, 1.54) is 0 Å². The number of hydrogen-bond acceptors (Lipinski definition) is 4. The van der Waals surface area contributed by atoms with Crippen molar-refractivity contribution < 1.29 is 9.21 Å². The van der Waals surface area contributed by atoms with E-state index >= 15 is 0 Å². The van der Waals surface area contributed by atoms with E-state index < -0.39 is 0 Å². The van der Waals surface area contributed by atoms with E-state index in [4.69, 9.17) is 4.42 Å². The number of furan rings is 1. The highest BCUT2D eigenvalue weighted by molar-refractivity contribution is 7.21. The van der Waals surface area contributed by atoms with E-state index in [0.29, 0.717) is 6.54 Å². The number of rotatable bonds is 4. The summed E-state index contributed by atoms with van der Waals surface area (Å²) in [6.45, 7) is 0.417. The Kier molecular flexibility index (Phi) is 4.18. The van der Waals surface area contributed by atoms with Crippen LogP contribution < -0.4 is 10.6 Å². The number of nitrogens with zero attached hydrogens (tertiary/aromatic N) is 1. The van der Waals surface area contributed by atoms with Gasteiger partial charge in [0.15, 0.2) is 0 Å². The standard InChI is InChI=1S/C19H15N3O2S/c23-19(20-11-13-8-9-24-12-13)21-15-5-3-4-14(10-15)18-22-16-6-1-2-7-17(16)25-18/h1-10,12H,11H2,(H2,20,21,23). The van der Waals surface area contributed by atoms with Crippen LogP contribution in [0.25, 0.3) is 20.8 Å². The maximum atomic E-state index is 12.0. The van der Waals surface area contributed by atoms with Crippen LogP contribution in [0.3, 0.4) is 0 Å². The third-order valence-corrected chi connectivity index (χ3v) is 4.78. The molecule has 0 fully saturated rings. The van der Waals surface area contributed by atoms with E-state index in [-0.39, 0.29) is 6.03 Å². The number of amides is 2. The Hall–Kier alpha value is -3.12. The van der Waals surface area contributed by atoms with Gasteiger partial charge in [-0.25, -0.2) is 9.78 Å². The maximum Gasteiger partial charge on any atom is 0.319 e. The Morgan fingerprint density at radius 2 is 2.04 bits per heavy atom. The third-order valence-electron chi connectivity index (χ3n) is 3.69. The molecule has 124 valence electrons. The normalized spacial score (nSPS) is 10.7. The molecule has 0 aliphatic carbocycles. The van der Waals surface area contributed by atoms with Gasteiger partial charge in [-0.05, 0) is 30.3 Å². The molecule has 2 N–H and O–H groups in total. The minimum absolute atomic E-state index is 0.261. The summed E-state index contributed by atoms with van der Waals surface area (Å²) in [5.41, 5.74) is 3.60. The lowest BCUT2D eigenvalue weighted by molar-refractivity contribution is 0.251. The van der Waals surface area contributed by atoms with Crippen molar-refractivity contribution in [3.8, 4) is 10.6 Å². The van der Waals surface area contributed by atoms with E-state index in [1.54, 1.807) is 23.9 Å². The van der Waals surface area contributed by atoms with Crippen LogP contribution in [-0.2, 0) is 6.54 Å². The summed E-state index contributed by atoms with van der Waals surface area (Å²) < 4.78 is 6.12. The van der Waals surface area contributed by atoms with Crippen molar-refractivity contribution in [3.63, 3.8) is 0 Å². The monoisotopic (exact) mass is 349 g/mol. The molecule has 5 nitrogen and oxygen atoms in total. The Labute approximate surface area is 148 Å². The van der Waals surface area contributed by atoms with Crippen molar-refractivity contribution in [1.82, 2.24) is 10.3 Å². The first-order valence-corrected chi connectivity index (χ1v) is 8.61. The quantitative estimate of drug-likeness (QED) is 0.552. The summed E-state index contributed by atoms with van der Waals surface area (Å²) >= 11 is 1.64. The van der Waals surface area contributed by atoms with Crippen molar-refractivity contribution in [2.45, 2.75) is 6.54 Å². The van der Waals surface area contributed by atoms with E-state index in [1.807, 2.05) is 48.5 Å². The molecule has 2 aromatic carbocycles. The van der Waals surface area contributed by atoms with Crippen molar-refractivity contribution in [2.75, 3.05) is 5.32 Å². The van der Waals surface area contributed by atoms with Crippen LogP contribution in [0.15, 0.2) is 71.5 Å². The number of benzene rings is 2. The van der Waals surface area contributed by atoms with Crippen LogP contribution in [0.1, 0.15) is 5.56 Å². The van der Waals surface area contributed by atoms with Crippen molar-refractivity contribution in [1.29, 1.82) is 0 Å². The van der Waals surface area contributed by atoms with Gasteiger partial charge in [0, 0.05) is 23.4 Å². The van der Waals surface area contributed by atoms with E-state index in [9.17, 15) is 4.79 Å². The van der Waals surface area contributed by atoms with Gasteiger partial charge in [0.05, 0.1) is 22.7 Å². The number of carbonyl (C=O) groups excluding carboxylic acids is 1. The van der Waals surface area contributed by atoms with Crippen LogP contribution in [0, 0.1) is 0 Å². The SMILES string of the molecule is O=C(NCc1ccoc1)Nc1cccc(-c2nc3ccccc3s2)c1. The molecule has 0 bridgehead atoms. The van der Waals surface area contributed by atoms with Crippen molar-refractivity contribution >= 4 is 33.3 Å². The number of carbonyl (C=O) groups is 1. The van der Waals surface area contributed by atoms with Gasteiger partial charge in [0.1, 0.15) is 5.01 Å². The lowest BCUT2D eigenvalue weighted by atomic mass is 10.2. The van der Waals surface area contributed by atoms with Crippen LogP contribution in [0.4, 0.5) is 10.5 Å². The highest BCUT2D eigenvalue weighted by Gasteiger charge is 2.08. The van der Waals surface area contributed by atoms with Gasteiger partial charge in [-0.1, -0.05) is 24.3 Å². The molecule has 0 atom stereocenters. The molecule has 6 heteroatoms. The second-order valence-electron chi connectivity index (χ2n) is 5.51. The Morgan fingerprint density at radius 3 is 2.88 bits per heavy atom. The summed E-state index contributed by atoms with van der Waals surface area (Å²) in [5, 5.41) is 6.57. The average Bonchev–Trinajstić information content (AvgIpc) is 3.29. The first-order chi connectivity index (χ1) is 12.3. The fraction of sp³-hybridized carbons (Fsp3) is 0.0526. The molecule has 0 aliphatic rings. The highest BCUT2D eigenvalue weighted by Crippen LogP contribution is 2.31. The molecule has 25 heavy (non-hydrogen) atoms. The first kappa shape index (κ1) is 15.4. The van der Waals surface area contributed by atoms with E-state index in [2.05, 4.69) is 21.7 Å². The second kappa shape index (κ2) is 6.78. The van der Waals surface area contributed by atoms with Crippen LogP contribution in [-0.4, -0.2) is 11.0 Å². The molecule has 2 amide bonds. The molecule has 2 heterocycles. The first-order valence-electron chi connectivity index (χ1n) is 7.80. The van der Waals surface area contributed by atoms with Gasteiger partial charge < -0.3 is 15.1 Å². The minimum atomic E-state index is -0.261. The molecule has 0 aliphatic heterocycles. The zero-order valence-electron chi connectivity index (χ0n) is 13.2. The topological polar surface area (TPSA) is 67.2 Å². The second-order valence-corrected chi connectivity index (χ2v) is 6.54. The van der Waals surface area contributed by atoms with Crippen molar-refractivity contribution in [3.05, 3.63) is 72.7 Å². The zero-order valence-corrected chi connectivity index (χ0v) is 14.0. The zero-order chi connectivity index (χ0) is 17.1. The third kappa shape index (κ3) is 3.54. The Balaban J connectivity index is 1.48. The number of fused-ring (bicyclic) bond motifs is 1. The number of aromatic nitrogens is 1. The number of para-hydroxylation sites is 1. The average molecular weight is 349 g/mol. The maximum absolute atomic E-state index is 12.0. The Bertz CT molecular complexity index is 975. The number of nitrogens with one attached hydrogen (secondary N) is 2. The van der Waals surface area contributed by atoms with Crippen LogP contribution >= 0.6 is 11.3 Å². The fourth-order valence-corrected chi connectivity index (χ4v) is 3.44. The van der Waals surface area contributed by atoms with Crippen LogP contribution in [0.2, 0.25) is 0 Å². The van der Waals surface area contributed by atoms with Gasteiger partial charge in [-0.2, -0.15) is 0 Å². The summed E-state index contributed by atoms with van der Waals surface area (Å²) in [7, 11) is 0. The smallest absolute Gasteiger partial charge is 0.319 e.